The van der Waals surface area contributed by atoms with Crippen molar-refractivity contribution in [3.63, 3.8) is 0 Å². The molecule has 1 aromatic rings. The Morgan fingerprint density at radius 2 is 1.88 bits per heavy atom. The fourth-order valence-corrected chi connectivity index (χ4v) is 3.73. The second-order valence-corrected chi connectivity index (χ2v) is 8.23. The molecule has 3 rings (SSSR count). The van der Waals surface area contributed by atoms with Gasteiger partial charge in [-0.1, -0.05) is 55.1 Å². The first-order valence-electron chi connectivity index (χ1n) is 10.9. The Bertz CT molecular complexity index is 927. The van der Waals surface area contributed by atoms with E-state index in [0.717, 1.165) is 11.1 Å². The van der Waals surface area contributed by atoms with Crippen molar-refractivity contribution in [1.82, 2.24) is 0 Å². The van der Waals surface area contributed by atoms with Gasteiger partial charge in [-0.3, -0.25) is 0 Å². The highest BCUT2D eigenvalue weighted by atomic mass is 16.5. The zero-order valence-corrected chi connectivity index (χ0v) is 18.3. The minimum atomic E-state index is -0.964. The summed E-state index contributed by atoms with van der Waals surface area (Å²) in [5.41, 5.74) is 2.76. The van der Waals surface area contributed by atoms with Crippen LogP contribution in [0.3, 0.4) is 0 Å². The monoisotopic (exact) mass is 438 g/mol. The lowest BCUT2D eigenvalue weighted by Gasteiger charge is -2.29. The largest absolute Gasteiger partial charge is 0.462 e. The van der Waals surface area contributed by atoms with Gasteiger partial charge >= 0.3 is 11.9 Å². The Balaban J connectivity index is 1.45. The van der Waals surface area contributed by atoms with E-state index in [4.69, 9.17) is 9.47 Å². The number of carbonyl (C=O) groups is 2. The number of hydrogen-bond donors (Lipinski definition) is 2. The molecule has 0 bridgehead atoms. The number of esters is 2. The van der Waals surface area contributed by atoms with E-state index in [1.165, 1.54) is 0 Å². The summed E-state index contributed by atoms with van der Waals surface area (Å²) in [5, 5.41) is 20.2. The molecule has 0 saturated carbocycles. The lowest BCUT2D eigenvalue weighted by molar-refractivity contribution is -0.142. The molecule has 0 spiro atoms. The number of aliphatic hydroxyl groups excluding tert-OH is 2. The van der Waals surface area contributed by atoms with Gasteiger partial charge in [-0.25, -0.2) is 9.59 Å². The number of fused-ring (bicyclic) bond motifs is 1. The molecule has 0 radical (unpaired) electrons. The normalized spacial score (nSPS) is 21.5. The van der Waals surface area contributed by atoms with Crippen molar-refractivity contribution in [3.05, 3.63) is 77.9 Å². The van der Waals surface area contributed by atoms with Gasteiger partial charge in [0, 0.05) is 17.9 Å². The van der Waals surface area contributed by atoms with Crippen LogP contribution < -0.4 is 0 Å². The van der Waals surface area contributed by atoms with Crippen LogP contribution in [0.2, 0.25) is 0 Å². The molecule has 2 N–H and O–H groups in total. The zero-order valence-electron chi connectivity index (χ0n) is 18.3. The van der Waals surface area contributed by atoms with Crippen molar-refractivity contribution < 1.29 is 29.3 Å². The van der Waals surface area contributed by atoms with Crippen LogP contribution in [0.5, 0.6) is 0 Å². The van der Waals surface area contributed by atoms with Gasteiger partial charge in [0.05, 0.1) is 24.4 Å². The lowest BCUT2D eigenvalue weighted by atomic mass is 9.87. The average Bonchev–Trinajstić information content (AvgIpc) is 2.78. The molecule has 0 amide bonds. The number of carbonyl (C=O) groups excluding carboxylic acids is 2. The molecule has 6 nitrogen and oxygen atoms in total. The van der Waals surface area contributed by atoms with Crippen molar-refractivity contribution in [2.45, 2.75) is 50.9 Å². The highest BCUT2D eigenvalue weighted by Crippen LogP contribution is 2.32. The molecule has 170 valence electrons. The predicted octanol–water partition coefficient (Wildman–Crippen LogP) is 3.51. The molecular weight excluding hydrogens is 408 g/mol. The van der Waals surface area contributed by atoms with E-state index in [-0.39, 0.29) is 31.0 Å². The SMILES string of the molecule is C=C(C)C(=O)OCCC(O)C(O)CCCC1=CC2OC(=O)C(c3ccccc3)=CC2C=C1. The Labute approximate surface area is 188 Å². The van der Waals surface area contributed by atoms with E-state index in [2.05, 4.69) is 6.58 Å². The first-order chi connectivity index (χ1) is 15.3. The van der Waals surface area contributed by atoms with Crippen LogP contribution in [-0.2, 0) is 19.1 Å². The van der Waals surface area contributed by atoms with E-state index in [1.807, 2.05) is 54.6 Å². The molecule has 32 heavy (non-hydrogen) atoms. The van der Waals surface area contributed by atoms with Gasteiger partial charge in [0.25, 0.3) is 0 Å². The van der Waals surface area contributed by atoms with Crippen LogP contribution in [0.15, 0.2) is 72.4 Å². The van der Waals surface area contributed by atoms with Crippen molar-refractivity contribution in [2.24, 2.45) is 5.92 Å². The Morgan fingerprint density at radius 1 is 1.16 bits per heavy atom. The van der Waals surface area contributed by atoms with Gasteiger partial charge in [0.1, 0.15) is 6.10 Å². The molecule has 1 heterocycles. The molecule has 2 aliphatic rings. The molecule has 0 fully saturated rings. The van der Waals surface area contributed by atoms with Crippen LogP contribution in [0.25, 0.3) is 5.57 Å². The fourth-order valence-electron chi connectivity index (χ4n) is 3.73. The summed E-state index contributed by atoms with van der Waals surface area (Å²) in [7, 11) is 0. The maximum absolute atomic E-state index is 12.5. The number of hydrogen-bond acceptors (Lipinski definition) is 6. The van der Waals surface area contributed by atoms with E-state index >= 15 is 0 Å². The number of aliphatic hydroxyl groups is 2. The van der Waals surface area contributed by atoms with Gasteiger partial charge in [-0.15, -0.1) is 0 Å². The molecule has 0 aromatic heterocycles. The number of rotatable bonds is 10. The highest BCUT2D eigenvalue weighted by Gasteiger charge is 2.31. The molecule has 1 aliphatic heterocycles. The molecule has 4 unspecified atom stereocenters. The second kappa shape index (κ2) is 11.1. The lowest BCUT2D eigenvalue weighted by Crippen LogP contribution is -2.30. The van der Waals surface area contributed by atoms with Gasteiger partial charge in [0.15, 0.2) is 0 Å². The van der Waals surface area contributed by atoms with Gasteiger partial charge in [-0.2, -0.15) is 0 Å². The minimum Gasteiger partial charge on any atom is -0.462 e. The Hall–Kier alpha value is -2.96. The quantitative estimate of drug-likeness (QED) is 0.429. The highest BCUT2D eigenvalue weighted by molar-refractivity contribution is 6.17. The maximum Gasteiger partial charge on any atom is 0.339 e. The number of benzene rings is 1. The average molecular weight is 439 g/mol. The zero-order chi connectivity index (χ0) is 23.1. The first-order valence-corrected chi connectivity index (χ1v) is 10.9. The van der Waals surface area contributed by atoms with E-state index < -0.39 is 18.2 Å². The summed E-state index contributed by atoms with van der Waals surface area (Å²) < 4.78 is 10.6. The summed E-state index contributed by atoms with van der Waals surface area (Å²) in [5.74, 6) is -0.828. The smallest absolute Gasteiger partial charge is 0.339 e. The van der Waals surface area contributed by atoms with Gasteiger partial charge in [-0.05, 0) is 43.4 Å². The topological polar surface area (TPSA) is 93.1 Å². The Kier molecular flexibility index (Phi) is 8.20. The number of allylic oxidation sites excluding steroid dienone is 2. The standard InChI is InChI=1S/C26H30O6/c1-17(2)25(29)31-14-13-23(28)22(27)10-6-7-18-11-12-20-16-21(19-8-4-3-5-9-19)26(30)32-24(20)15-18/h3-5,8-9,11-12,15-16,20,22-24,27-28H,1,6-7,10,13-14H2,2H3. The van der Waals surface area contributed by atoms with Crippen LogP contribution >= 0.6 is 0 Å². The molecule has 0 saturated heterocycles. The van der Waals surface area contributed by atoms with Crippen LogP contribution in [0, 0.1) is 5.92 Å². The van der Waals surface area contributed by atoms with Gasteiger partial charge in [0.2, 0.25) is 0 Å². The first kappa shape index (κ1) is 23.7. The van der Waals surface area contributed by atoms with Crippen molar-refractivity contribution >= 4 is 17.5 Å². The summed E-state index contributed by atoms with van der Waals surface area (Å²) >= 11 is 0. The third kappa shape index (κ3) is 6.28. The van der Waals surface area contributed by atoms with Crippen LogP contribution in [0.4, 0.5) is 0 Å². The van der Waals surface area contributed by atoms with Crippen molar-refractivity contribution in [3.8, 4) is 0 Å². The Morgan fingerprint density at radius 3 is 2.59 bits per heavy atom. The summed E-state index contributed by atoms with van der Waals surface area (Å²) in [6.07, 6.45) is 7.72. The van der Waals surface area contributed by atoms with Crippen LogP contribution in [-0.4, -0.2) is 47.1 Å². The summed E-state index contributed by atoms with van der Waals surface area (Å²) in [6.45, 7) is 5.08. The van der Waals surface area contributed by atoms with Crippen molar-refractivity contribution in [1.29, 1.82) is 0 Å². The summed E-state index contributed by atoms with van der Waals surface area (Å²) in [6, 6.07) is 9.48. The third-order valence-electron chi connectivity index (χ3n) is 5.60. The van der Waals surface area contributed by atoms with Crippen molar-refractivity contribution in [2.75, 3.05) is 6.61 Å². The maximum atomic E-state index is 12.5. The molecular formula is C26H30O6. The van der Waals surface area contributed by atoms with E-state index in [0.29, 0.717) is 30.4 Å². The number of ether oxygens (including phenoxy) is 2. The van der Waals surface area contributed by atoms with E-state index in [1.54, 1.807) is 6.92 Å². The molecule has 4 atom stereocenters. The molecule has 6 heteroatoms. The third-order valence-corrected chi connectivity index (χ3v) is 5.60. The second-order valence-electron chi connectivity index (χ2n) is 8.23. The summed E-state index contributed by atoms with van der Waals surface area (Å²) in [4.78, 5) is 23.8. The molecule has 1 aliphatic carbocycles. The predicted molar refractivity (Wildman–Crippen MR) is 121 cm³/mol. The fraction of sp³-hybridized carbons (Fsp3) is 0.385. The van der Waals surface area contributed by atoms with E-state index in [9.17, 15) is 19.8 Å². The van der Waals surface area contributed by atoms with Gasteiger partial charge < -0.3 is 19.7 Å². The minimum absolute atomic E-state index is 0.000909. The van der Waals surface area contributed by atoms with Crippen LogP contribution in [0.1, 0.15) is 38.2 Å². The molecule has 1 aromatic carbocycles.